The highest BCUT2D eigenvalue weighted by molar-refractivity contribution is 7.98. The van der Waals surface area contributed by atoms with Gasteiger partial charge in [0, 0.05) is 29.9 Å². The Balaban J connectivity index is 1.41. The van der Waals surface area contributed by atoms with E-state index in [0.29, 0.717) is 32.9 Å². The van der Waals surface area contributed by atoms with Crippen molar-refractivity contribution >= 4 is 67.3 Å². The molecule has 0 spiro atoms. The molecule has 0 aliphatic carbocycles. The van der Waals surface area contributed by atoms with Gasteiger partial charge in [-0.05, 0) is 42.8 Å². The maximum absolute atomic E-state index is 14.0. The summed E-state index contributed by atoms with van der Waals surface area (Å²) >= 11 is 1.49. The summed E-state index contributed by atoms with van der Waals surface area (Å²) in [7, 11) is -1.16. The highest BCUT2D eigenvalue weighted by Gasteiger charge is 2.30. The number of hydrogen-bond donors (Lipinski definition) is 1. The van der Waals surface area contributed by atoms with Crippen molar-refractivity contribution in [2.75, 3.05) is 24.6 Å². The predicted molar refractivity (Wildman–Crippen MR) is 173 cm³/mol. The summed E-state index contributed by atoms with van der Waals surface area (Å²) < 4.78 is 40.6. The number of anilines is 1. The molecule has 0 unspecified atom stereocenters. The fourth-order valence-corrected chi connectivity index (χ4v) is 7.10. The lowest BCUT2D eigenvalue weighted by molar-refractivity contribution is -0.138. The number of aliphatic imine (C=N–C) groups is 1. The first-order valence-electron chi connectivity index (χ1n) is 13.7. The van der Waals surface area contributed by atoms with Crippen molar-refractivity contribution in [2.45, 2.75) is 22.7 Å². The maximum atomic E-state index is 14.0. The zero-order chi connectivity index (χ0) is 32.1. The van der Waals surface area contributed by atoms with Crippen LogP contribution in [0.3, 0.4) is 0 Å². The number of nitrogens with two attached hydrogens (primary N) is 1. The predicted octanol–water partition coefficient (Wildman–Crippen LogP) is 4.64. The number of para-hydroxylation sites is 1. The molecular weight excluding hydrogens is 617 g/mol. The third kappa shape index (κ3) is 6.76. The minimum Gasteiger partial charge on any atom is -0.468 e. The molecule has 0 saturated carbocycles. The van der Waals surface area contributed by atoms with Gasteiger partial charge in [0.2, 0.25) is 0 Å². The van der Waals surface area contributed by atoms with Crippen LogP contribution in [0.15, 0.2) is 94.0 Å². The summed E-state index contributed by atoms with van der Waals surface area (Å²) in [4.78, 5) is 36.7. The first-order valence-corrected chi connectivity index (χ1v) is 16.2. The van der Waals surface area contributed by atoms with E-state index < -0.39 is 28.6 Å². The van der Waals surface area contributed by atoms with Crippen LogP contribution >= 0.6 is 11.8 Å². The summed E-state index contributed by atoms with van der Waals surface area (Å²) in [5.74, 6) is -0.0706. The molecule has 3 aromatic carbocycles. The average Bonchev–Trinajstić information content (AvgIpc) is 3.36. The molecule has 2 N–H and O–H groups in total. The SMILES string of the molecule is CCOC(=O)N=C(N)c1ccc(CSc2nc3cc(N(CC(=O)OC)S(=O)(=O)c4cccc5cccnc45)ccc3n2C)cc1. The topological polar surface area (TPSA) is 159 Å². The third-order valence-corrected chi connectivity index (χ3v) is 9.78. The number of esters is 1. The molecule has 14 heteroatoms. The second-order valence-corrected chi connectivity index (χ2v) is 12.5. The van der Waals surface area contributed by atoms with Crippen LogP contribution < -0.4 is 10.0 Å². The molecule has 0 bridgehead atoms. The number of carbonyl (C=O) groups excluding carboxylic acids is 2. The molecule has 5 rings (SSSR count). The highest BCUT2D eigenvalue weighted by Crippen LogP contribution is 2.32. The minimum absolute atomic E-state index is 0.0261. The van der Waals surface area contributed by atoms with E-state index in [1.54, 1.807) is 61.5 Å². The molecule has 5 aromatic rings. The minimum atomic E-state index is -4.24. The van der Waals surface area contributed by atoms with E-state index in [0.717, 1.165) is 15.4 Å². The molecular formula is C31H30N6O6S2. The van der Waals surface area contributed by atoms with Crippen LogP contribution in [-0.2, 0) is 37.1 Å². The van der Waals surface area contributed by atoms with Gasteiger partial charge in [-0.1, -0.05) is 54.2 Å². The van der Waals surface area contributed by atoms with Crippen LogP contribution in [0.1, 0.15) is 18.1 Å². The van der Waals surface area contributed by atoms with E-state index in [4.69, 9.17) is 20.2 Å². The molecule has 2 aromatic heterocycles. The van der Waals surface area contributed by atoms with Crippen molar-refractivity contribution in [3.63, 3.8) is 0 Å². The number of hydrogen-bond acceptors (Lipinski definition) is 9. The normalized spacial score (nSPS) is 11.9. The largest absolute Gasteiger partial charge is 0.468 e. The van der Waals surface area contributed by atoms with E-state index in [1.165, 1.54) is 31.1 Å². The fourth-order valence-electron chi connectivity index (χ4n) is 4.59. The summed E-state index contributed by atoms with van der Waals surface area (Å²) in [6.07, 6.45) is 0.784. The molecule has 45 heavy (non-hydrogen) atoms. The number of imidazole rings is 1. The Labute approximate surface area is 263 Å². The Morgan fingerprint density at radius 2 is 1.82 bits per heavy atom. The number of pyridine rings is 1. The molecule has 0 aliphatic heterocycles. The molecule has 0 aliphatic rings. The number of amidine groups is 1. The number of carbonyl (C=O) groups is 2. The van der Waals surface area contributed by atoms with Gasteiger partial charge in [0.05, 0.1) is 36.0 Å². The number of benzene rings is 3. The summed E-state index contributed by atoms with van der Waals surface area (Å²) in [5.41, 5.74) is 9.39. The van der Waals surface area contributed by atoms with Gasteiger partial charge in [0.25, 0.3) is 10.0 Å². The van der Waals surface area contributed by atoms with Gasteiger partial charge in [-0.3, -0.25) is 14.1 Å². The Morgan fingerprint density at radius 3 is 2.56 bits per heavy atom. The van der Waals surface area contributed by atoms with E-state index in [2.05, 4.69) is 9.98 Å². The number of ether oxygens (including phenoxy) is 2. The van der Waals surface area contributed by atoms with Crippen molar-refractivity contribution in [1.82, 2.24) is 14.5 Å². The zero-order valence-corrected chi connectivity index (χ0v) is 26.3. The molecule has 1 amide bonds. The number of thioether (sulfide) groups is 1. The molecule has 0 radical (unpaired) electrons. The smallest absolute Gasteiger partial charge is 0.435 e. The third-order valence-electron chi connectivity index (χ3n) is 6.87. The molecule has 0 fully saturated rings. The van der Waals surface area contributed by atoms with Crippen LogP contribution in [-0.4, -0.2) is 61.1 Å². The van der Waals surface area contributed by atoms with Crippen molar-refractivity contribution in [3.8, 4) is 0 Å². The molecule has 2 heterocycles. The number of rotatable bonds is 10. The molecule has 0 atom stereocenters. The first-order chi connectivity index (χ1) is 21.6. The fraction of sp³-hybridized carbons (Fsp3) is 0.194. The Hall–Kier alpha value is -4.95. The number of nitrogens with zero attached hydrogens (tertiary/aromatic N) is 5. The number of sulfonamides is 1. The summed E-state index contributed by atoms with van der Waals surface area (Å²) in [6.45, 7) is 1.37. The van der Waals surface area contributed by atoms with Gasteiger partial charge in [0.1, 0.15) is 17.3 Å². The number of fused-ring (bicyclic) bond motifs is 2. The lowest BCUT2D eigenvalue weighted by Gasteiger charge is -2.24. The Bertz CT molecular complexity index is 2020. The second kappa shape index (κ2) is 13.4. The van der Waals surface area contributed by atoms with Crippen LogP contribution in [0.25, 0.3) is 21.9 Å². The first kappa shape index (κ1) is 31.5. The Morgan fingerprint density at radius 1 is 1.07 bits per heavy atom. The van der Waals surface area contributed by atoms with Crippen molar-refractivity contribution in [3.05, 3.63) is 90.1 Å². The molecule has 0 saturated heterocycles. The number of aryl methyl sites for hydroxylation is 1. The quantitative estimate of drug-likeness (QED) is 0.0980. The molecule has 12 nitrogen and oxygen atoms in total. The van der Waals surface area contributed by atoms with Gasteiger partial charge < -0.3 is 19.8 Å². The standard InChI is InChI=1S/C31H30N6O6S2/c1-4-43-31(39)35-29(32)22-12-10-20(11-13-22)19-44-30-34-24-17-23(14-15-25(24)36(30)2)37(18-27(38)42-3)45(40,41)26-9-5-7-21-8-6-16-33-28(21)26/h5-17H,4,18-19H2,1-3H3,(H2,32,35,39). The van der Waals surface area contributed by atoms with Crippen LogP contribution in [0.2, 0.25) is 0 Å². The van der Waals surface area contributed by atoms with Gasteiger partial charge >= 0.3 is 12.1 Å². The van der Waals surface area contributed by atoms with Gasteiger partial charge in [-0.2, -0.15) is 4.99 Å². The monoisotopic (exact) mass is 646 g/mol. The van der Waals surface area contributed by atoms with Crippen molar-refractivity contribution < 1.29 is 27.5 Å². The summed E-state index contributed by atoms with van der Waals surface area (Å²) in [5, 5.41) is 1.36. The van der Waals surface area contributed by atoms with E-state index >= 15 is 0 Å². The van der Waals surface area contributed by atoms with E-state index in [-0.39, 0.29) is 23.0 Å². The second-order valence-electron chi connectivity index (χ2n) is 9.73. The van der Waals surface area contributed by atoms with Gasteiger partial charge in [0.15, 0.2) is 5.16 Å². The maximum Gasteiger partial charge on any atom is 0.435 e. The van der Waals surface area contributed by atoms with E-state index in [1.807, 2.05) is 23.7 Å². The lowest BCUT2D eigenvalue weighted by Crippen LogP contribution is -2.36. The van der Waals surface area contributed by atoms with Gasteiger partial charge in [-0.15, -0.1) is 0 Å². The van der Waals surface area contributed by atoms with Crippen LogP contribution in [0.5, 0.6) is 0 Å². The van der Waals surface area contributed by atoms with E-state index in [9.17, 15) is 18.0 Å². The van der Waals surface area contributed by atoms with Crippen molar-refractivity contribution in [1.29, 1.82) is 0 Å². The number of methoxy groups -OCH3 is 1. The van der Waals surface area contributed by atoms with Crippen LogP contribution in [0, 0.1) is 0 Å². The average molecular weight is 647 g/mol. The number of amides is 1. The lowest BCUT2D eigenvalue weighted by atomic mass is 10.1. The number of aromatic nitrogens is 3. The summed E-state index contributed by atoms with van der Waals surface area (Å²) in [6, 6.07) is 20.7. The highest BCUT2D eigenvalue weighted by atomic mass is 32.2. The Kier molecular flexibility index (Phi) is 9.34. The van der Waals surface area contributed by atoms with Crippen molar-refractivity contribution in [2.24, 2.45) is 17.8 Å². The van der Waals surface area contributed by atoms with Gasteiger partial charge in [-0.25, -0.2) is 18.2 Å². The van der Waals surface area contributed by atoms with Crippen LogP contribution in [0.4, 0.5) is 10.5 Å². The molecule has 232 valence electrons. The zero-order valence-electron chi connectivity index (χ0n) is 24.7.